The lowest BCUT2D eigenvalue weighted by molar-refractivity contribution is -0.133. The third-order valence-corrected chi connectivity index (χ3v) is 4.03. The van der Waals surface area contributed by atoms with E-state index in [1.54, 1.807) is 0 Å². The van der Waals surface area contributed by atoms with E-state index in [0.717, 1.165) is 24.8 Å². The Labute approximate surface area is 108 Å². The number of carboxylic acids is 1. The van der Waals surface area contributed by atoms with Crippen molar-refractivity contribution in [1.29, 1.82) is 0 Å². The molecule has 0 fully saturated rings. The summed E-state index contributed by atoms with van der Waals surface area (Å²) in [5.41, 5.74) is 0. The van der Waals surface area contributed by atoms with Gasteiger partial charge in [-0.1, -0.05) is 30.0 Å². The Morgan fingerprint density at radius 3 is 3.00 bits per heavy atom. The summed E-state index contributed by atoms with van der Waals surface area (Å²) in [7, 11) is 2.05. The van der Waals surface area contributed by atoms with Gasteiger partial charge in [0.1, 0.15) is 0 Å². The van der Waals surface area contributed by atoms with Crippen LogP contribution in [0.5, 0.6) is 0 Å². The van der Waals surface area contributed by atoms with Crippen molar-refractivity contribution in [3.63, 3.8) is 0 Å². The Bertz CT molecular complexity index is 359. The molecule has 0 radical (unpaired) electrons. The summed E-state index contributed by atoms with van der Waals surface area (Å²) in [6.07, 6.45) is 0. The number of aromatic nitrogens is 2. The van der Waals surface area contributed by atoms with Crippen molar-refractivity contribution in [1.82, 2.24) is 15.1 Å². The lowest BCUT2D eigenvalue weighted by Crippen LogP contribution is -2.24. The maximum absolute atomic E-state index is 10.4. The number of nitrogens with zero attached hydrogens (tertiary/aromatic N) is 3. The van der Waals surface area contributed by atoms with Crippen molar-refractivity contribution in [2.45, 2.75) is 11.3 Å². The molecule has 0 spiro atoms. The number of nitrogens with one attached hydrogen (secondary N) is 1. The van der Waals surface area contributed by atoms with Crippen LogP contribution in [0.2, 0.25) is 0 Å². The Balaban J connectivity index is 2.28. The van der Waals surface area contributed by atoms with E-state index < -0.39 is 5.97 Å². The molecule has 96 valence electrons. The van der Waals surface area contributed by atoms with Crippen molar-refractivity contribution >= 4 is 34.2 Å². The number of aliphatic carboxylic acids is 1. The van der Waals surface area contributed by atoms with Crippen molar-refractivity contribution in [2.75, 3.05) is 37.8 Å². The number of likely N-dealkylation sites (N-methyl/N-ethyl adjacent to an activating group) is 1. The van der Waals surface area contributed by atoms with Crippen molar-refractivity contribution in [3.8, 4) is 0 Å². The zero-order chi connectivity index (χ0) is 12.7. The summed E-state index contributed by atoms with van der Waals surface area (Å²) >= 11 is 2.57. The number of rotatable bonds is 8. The smallest absolute Gasteiger partial charge is 0.313 e. The van der Waals surface area contributed by atoms with Gasteiger partial charge in [0.15, 0.2) is 4.34 Å². The van der Waals surface area contributed by atoms with E-state index >= 15 is 0 Å². The van der Waals surface area contributed by atoms with E-state index in [1.165, 1.54) is 23.1 Å². The van der Waals surface area contributed by atoms with E-state index in [1.807, 2.05) is 0 Å². The molecule has 1 heterocycles. The van der Waals surface area contributed by atoms with E-state index in [9.17, 15) is 4.79 Å². The molecule has 8 heteroatoms. The van der Waals surface area contributed by atoms with E-state index in [2.05, 4.69) is 34.4 Å². The Morgan fingerprint density at radius 1 is 1.59 bits per heavy atom. The molecular formula is C9H16N4O2S2. The Morgan fingerprint density at radius 2 is 2.35 bits per heavy atom. The van der Waals surface area contributed by atoms with Crippen LogP contribution in [-0.4, -0.2) is 58.6 Å². The van der Waals surface area contributed by atoms with E-state index in [0.29, 0.717) is 4.34 Å². The monoisotopic (exact) mass is 276 g/mol. The number of carbonyl (C=O) groups is 1. The molecule has 0 amide bonds. The summed E-state index contributed by atoms with van der Waals surface area (Å²) in [6, 6.07) is 0. The second kappa shape index (κ2) is 7.46. The summed E-state index contributed by atoms with van der Waals surface area (Å²) in [5, 5.41) is 20.3. The molecule has 0 unspecified atom stereocenters. The van der Waals surface area contributed by atoms with Gasteiger partial charge < -0.3 is 15.3 Å². The summed E-state index contributed by atoms with van der Waals surface area (Å²) in [5.74, 6) is -0.822. The van der Waals surface area contributed by atoms with Crippen molar-refractivity contribution < 1.29 is 9.90 Å². The quantitative estimate of drug-likeness (QED) is 0.688. The highest BCUT2D eigenvalue weighted by molar-refractivity contribution is 8.01. The van der Waals surface area contributed by atoms with Crippen LogP contribution in [0.15, 0.2) is 4.34 Å². The average Bonchev–Trinajstić information content (AvgIpc) is 2.74. The van der Waals surface area contributed by atoms with Gasteiger partial charge in [-0.2, -0.15) is 0 Å². The summed E-state index contributed by atoms with van der Waals surface area (Å²) in [6.45, 7) is 4.86. The molecule has 1 aromatic heterocycles. The van der Waals surface area contributed by atoms with Crippen LogP contribution in [0, 0.1) is 0 Å². The molecule has 0 aliphatic rings. The molecule has 6 nitrogen and oxygen atoms in total. The SMILES string of the molecule is CCN(C)CCNc1nnc(SCC(=O)O)s1. The summed E-state index contributed by atoms with van der Waals surface area (Å²) in [4.78, 5) is 12.6. The number of hydrogen-bond acceptors (Lipinski definition) is 7. The molecule has 0 saturated heterocycles. The molecule has 0 aliphatic carbocycles. The highest BCUT2D eigenvalue weighted by Gasteiger charge is 2.06. The number of hydrogen-bond donors (Lipinski definition) is 2. The minimum atomic E-state index is -0.843. The van der Waals surface area contributed by atoms with Gasteiger partial charge in [0, 0.05) is 13.1 Å². The molecule has 2 N–H and O–H groups in total. The second-order valence-corrected chi connectivity index (χ2v) is 5.58. The fraction of sp³-hybridized carbons (Fsp3) is 0.667. The topological polar surface area (TPSA) is 78.3 Å². The van der Waals surface area contributed by atoms with Gasteiger partial charge in [-0.15, -0.1) is 10.2 Å². The zero-order valence-electron chi connectivity index (χ0n) is 9.84. The maximum atomic E-state index is 10.4. The predicted molar refractivity (Wildman–Crippen MR) is 69.9 cm³/mol. The Hall–Kier alpha value is -0.860. The number of anilines is 1. The molecule has 1 aromatic rings. The molecule has 0 aromatic carbocycles. The van der Waals surface area contributed by atoms with Gasteiger partial charge >= 0.3 is 5.97 Å². The normalized spacial score (nSPS) is 10.8. The average molecular weight is 276 g/mol. The minimum Gasteiger partial charge on any atom is -0.481 e. The molecule has 0 aliphatic heterocycles. The van der Waals surface area contributed by atoms with Crippen molar-refractivity contribution in [3.05, 3.63) is 0 Å². The van der Waals surface area contributed by atoms with Gasteiger partial charge in [0.2, 0.25) is 5.13 Å². The first-order valence-electron chi connectivity index (χ1n) is 5.22. The van der Waals surface area contributed by atoms with Gasteiger partial charge in [-0.3, -0.25) is 4.79 Å². The van der Waals surface area contributed by atoms with Crippen LogP contribution in [-0.2, 0) is 4.79 Å². The van der Waals surface area contributed by atoms with Crippen LogP contribution in [0.25, 0.3) is 0 Å². The molecular weight excluding hydrogens is 260 g/mol. The highest BCUT2D eigenvalue weighted by atomic mass is 32.2. The maximum Gasteiger partial charge on any atom is 0.313 e. The van der Waals surface area contributed by atoms with E-state index in [-0.39, 0.29) is 5.75 Å². The summed E-state index contributed by atoms with van der Waals surface area (Å²) < 4.78 is 0.679. The first-order valence-corrected chi connectivity index (χ1v) is 7.02. The standard InChI is InChI=1S/C9H16N4O2S2/c1-3-13(2)5-4-10-8-11-12-9(17-8)16-6-7(14)15/h3-6H2,1-2H3,(H,10,11)(H,14,15). The van der Waals surface area contributed by atoms with Crippen LogP contribution in [0.1, 0.15) is 6.92 Å². The number of thioether (sulfide) groups is 1. The van der Waals surface area contributed by atoms with E-state index in [4.69, 9.17) is 5.11 Å². The molecule has 17 heavy (non-hydrogen) atoms. The van der Waals surface area contributed by atoms with Crippen LogP contribution in [0.4, 0.5) is 5.13 Å². The van der Waals surface area contributed by atoms with Gasteiger partial charge in [-0.25, -0.2) is 0 Å². The first kappa shape index (κ1) is 14.2. The molecule has 0 atom stereocenters. The largest absolute Gasteiger partial charge is 0.481 e. The highest BCUT2D eigenvalue weighted by Crippen LogP contribution is 2.24. The second-order valence-electron chi connectivity index (χ2n) is 3.38. The van der Waals surface area contributed by atoms with Gasteiger partial charge in [0.25, 0.3) is 0 Å². The van der Waals surface area contributed by atoms with Crippen molar-refractivity contribution in [2.24, 2.45) is 0 Å². The first-order chi connectivity index (χ1) is 8.11. The molecule has 0 saturated carbocycles. The number of carboxylic acid groups (broad SMARTS) is 1. The minimum absolute atomic E-state index is 0.0210. The van der Waals surface area contributed by atoms with Crippen LogP contribution >= 0.6 is 23.1 Å². The van der Waals surface area contributed by atoms with Crippen LogP contribution < -0.4 is 5.32 Å². The molecule has 0 bridgehead atoms. The fourth-order valence-corrected chi connectivity index (χ4v) is 2.47. The lowest BCUT2D eigenvalue weighted by atomic mass is 10.5. The lowest BCUT2D eigenvalue weighted by Gasteiger charge is -2.12. The van der Waals surface area contributed by atoms with Gasteiger partial charge in [-0.05, 0) is 13.6 Å². The van der Waals surface area contributed by atoms with Crippen LogP contribution in [0.3, 0.4) is 0 Å². The predicted octanol–water partition coefficient (Wildman–Crippen LogP) is 1.08. The third kappa shape index (κ3) is 5.85. The zero-order valence-corrected chi connectivity index (χ0v) is 11.5. The van der Waals surface area contributed by atoms with Gasteiger partial charge in [0.05, 0.1) is 5.75 Å². The molecule has 1 rings (SSSR count). The third-order valence-electron chi connectivity index (χ3n) is 2.04. The Kier molecular flexibility index (Phi) is 6.23. The fourth-order valence-electron chi connectivity index (χ4n) is 0.975.